The van der Waals surface area contributed by atoms with Crippen molar-refractivity contribution in [1.29, 1.82) is 0 Å². The molecule has 18 heavy (non-hydrogen) atoms. The largest absolute Gasteiger partial charge is 0.328 e. The van der Waals surface area contributed by atoms with Crippen molar-refractivity contribution in [2.75, 3.05) is 13.1 Å². The molecule has 100 valence electrons. The monoisotopic (exact) mass is 310 g/mol. The number of rotatable bonds is 5. The van der Waals surface area contributed by atoms with Crippen molar-refractivity contribution >= 4 is 15.9 Å². The van der Waals surface area contributed by atoms with Gasteiger partial charge in [0, 0.05) is 22.5 Å². The van der Waals surface area contributed by atoms with Crippen LogP contribution in [0.1, 0.15) is 32.3 Å². The first kappa shape index (κ1) is 14.0. The Kier molecular flexibility index (Phi) is 4.46. The summed E-state index contributed by atoms with van der Waals surface area (Å²) in [5.41, 5.74) is 7.31. The van der Waals surface area contributed by atoms with Gasteiger partial charge in [0.2, 0.25) is 0 Å². The Morgan fingerprint density at radius 3 is 2.61 bits per heavy atom. The van der Waals surface area contributed by atoms with Crippen molar-refractivity contribution in [1.82, 2.24) is 5.32 Å². The fourth-order valence-electron chi connectivity index (χ4n) is 2.65. The highest BCUT2D eigenvalue weighted by Gasteiger charge is 2.27. The zero-order valence-electron chi connectivity index (χ0n) is 11.2. The summed E-state index contributed by atoms with van der Waals surface area (Å²) in [6.07, 6.45) is 2.37. The van der Waals surface area contributed by atoms with E-state index < -0.39 is 0 Å². The summed E-state index contributed by atoms with van der Waals surface area (Å²) >= 11 is 3.64. The molecular weight excluding hydrogens is 288 g/mol. The van der Waals surface area contributed by atoms with Crippen LogP contribution < -0.4 is 11.1 Å². The molecule has 0 saturated heterocycles. The lowest BCUT2D eigenvalue weighted by Gasteiger charge is -2.34. The van der Waals surface area contributed by atoms with Crippen molar-refractivity contribution < 1.29 is 0 Å². The van der Waals surface area contributed by atoms with E-state index in [2.05, 4.69) is 59.4 Å². The van der Waals surface area contributed by atoms with Crippen LogP contribution in [0.25, 0.3) is 0 Å². The fourth-order valence-corrected chi connectivity index (χ4v) is 3.47. The van der Waals surface area contributed by atoms with Gasteiger partial charge in [0.15, 0.2) is 0 Å². The van der Waals surface area contributed by atoms with E-state index in [0.717, 1.165) is 19.0 Å². The molecule has 1 aliphatic rings. The Balaban J connectivity index is 1.85. The van der Waals surface area contributed by atoms with Gasteiger partial charge in [-0.2, -0.15) is 0 Å². The number of nitrogens with two attached hydrogens (primary N) is 1. The highest BCUT2D eigenvalue weighted by molar-refractivity contribution is 9.10. The summed E-state index contributed by atoms with van der Waals surface area (Å²) in [4.78, 5) is 0. The van der Waals surface area contributed by atoms with Crippen LogP contribution in [0.2, 0.25) is 0 Å². The summed E-state index contributed by atoms with van der Waals surface area (Å²) in [6.45, 7) is 6.67. The summed E-state index contributed by atoms with van der Waals surface area (Å²) < 4.78 is 1.20. The minimum absolute atomic E-state index is 0.145. The van der Waals surface area contributed by atoms with Gasteiger partial charge in [-0.15, -0.1) is 0 Å². The van der Waals surface area contributed by atoms with Crippen LogP contribution in [0, 0.1) is 5.92 Å². The first-order valence-electron chi connectivity index (χ1n) is 6.70. The molecule has 0 unspecified atom stereocenters. The maximum atomic E-state index is 5.80. The number of benzene rings is 1. The molecule has 2 rings (SSSR count). The van der Waals surface area contributed by atoms with Crippen LogP contribution in [0.15, 0.2) is 28.7 Å². The predicted octanol–water partition coefficient (Wildman–Crippen LogP) is 3.05. The molecule has 1 aliphatic carbocycles. The van der Waals surface area contributed by atoms with Crippen LogP contribution in [0.4, 0.5) is 0 Å². The number of halogens is 1. The molecule has 1 aromatic rings. The van der Waals surface area contributed by atoms with Gasteiger partial charge < -0.3 is 11.1 Å². The molecule has 0 heterocycles. The number of hydrogen-bond acceptors (Lipinski definition) is 2. The Bertz CT molecular complexity index is 397. The van der Waals surface area contributed by atoms with E-state index >= 15 is 0 Å². The quantitative estimate of drug-likeness (QED) is 0.877. The third kappa shape index (κ3) is 3.34. The second kappa shape index (κ2) is 5.72. The fraction of sp³-hybridized carbons (Fsp3) is 0.600. The molecule has 1 fully saturated rings. The van der Waals surface area contributed by atoms with Gasteiger partial charge in [-0.1, -0.05) is 48.0 Å². The van der Waals surface area contributed by atoms with Crippen molar-refractivity contribution in [3.8, 4) is 0 Å². The molecule has 0 aromatic heterocycles. The first-order chi connectivity index (χ1) is 8.49. The van der Waals surface area contributed by atoms with E-state index in [9.17, 15) is 0 Å². The lowest BCUT2D eigenvalue weighted by molar-refractivity contribution is 0.251. The minimum Gasteiger partial charge on any atom is -0.328 e. The van der Waals surface area contributed by atoms with Gasteiger partial charge >= 0.3 is 0 Å². The van der Waals surface area contributed by atoms with Gasteiger partial charge in [0.05, 0.1) is 0 Å². The second-order valence-electron chi connectivity index (χ2n) is 6.09. The van der Waals surface area contributed by atoms with Gasteiger partial charge in [-0.25, -0.2) is 0 Å². The van der Waals surface area contributed by atoms with Gasteiger partial charge in [-0.05, 0) is 36.9 Å². The molecular formula is C15H23BrN2. The van der Waals surface area contributed by atoms with Gasteiger partial charge in [0.1, 0.15) is 0 Å². The van der Waals surface area contributed by atoms with Crippen LogP contribution >= 0.6 is 15.9 Å². The number of nitrogens with one attached hydrogen (secondary N) is 1. The lowest BCUT2D eigenvalue weighted by Crippen LogP contribution is -2.43. The van der Waals surface area contributed by atoms with Crippen molar-refractivity contribution in [3.05, 3.63) is 34.3 Å². The summed E-state index contributed by atoms with van der Waals surface area (Å²) in [5, 5.41) is 3.60. The molecule has 3 N–H and O–H groups in total. The smallest absolute Gasteiger partial charge is 0.0213 e. The third-order valence-corrected chi connectivity index (χ3v) is 4.57. The molecule has 0 atom stereocenters. The van der Waals surface area contributed by atoms with Crippen LogP contribution in [-0.4, -0.2) is 19.1 Å². The molecule has 2 nitrogen and oxygen atoms in total. The van der Waals surface area contributed by atoms with Gasteiger partial charge in [-0.3, -0.25) is 0 Å². The van der Waals surface area contributed by atoms with Crippen LogP contribution in [0.5, 0.6) is 0 Å². The van der Waals surface area contributed by atoms with E-state index in [4.69, 9.17) is 5.73 Å². The first-order valence-corrected chi connectivity index (χ1v) is 7.49. The van der Waals surface area contributed by atoms with Gasteiger partial charge in [0.25, 0.3) is 0 Å². The molecule has 0 amide bonds. The number of hydrogen-bond donors (Lipinski definition) is 2. The standard InChI is InChI=1S/C15H23BrN2/c1-15(2,13-5-3-4-6-14(13)16)10-18-9-11-7-12(17)8-11/h3-6,11-12,18H,7-10,17H2,1-2H3. The van der Waals surface area contributed by atoms with E-state index in [1.807, 2.05) is 0 Å². The molecule has 0 bridgehead atoms. The summed E-state index contributed by atoms with van der Waals surface area (Å²) in [7, 11) is 0. The van der Waals surface area contributed by atoms with E-state index in [1.165, 1.54) is 22.9 Å². The average Bonchev–Trinajstić information content (AvgIpc) is 2.26. The van der Waals surface area contributed by atoms with Crippen molar-refractivity contribution in [3.63, 3.8) is 0 Å². The topological polar surface area (TPSA) is 38.0 Å². The zero-order valence-corrected chi connectivity index (χ0v) is 12.8. The molecule has 1 aromatic carbocycles. The van der Waals surface area contributed by atoms with Crippen molar-refractivity contribution in [2.24, 2.45) is 11.7 Å². The second-order valence-corrected chi connectivity index (χ2v) is 6.95. The molecule has 3 heteroatoms. The lowest BCUT2D eigenvalue weighted by atomic mass is 9.80. The molecule has 0 spiro atoms. The van der Waals surface area contributed by atoms with E-state index in [0.29, 0.717) is 6.04 Å². The normalized spacial score (nSPS) is 23.8. The van der Waals surface area contributed by atoms with E-state index in [1.54, 1.807) is 0 Å². The maximum Gasteiger partial charge on any atom is 0.0213 e. The highest BCUT2D eigenvalue weighted by Crippen LogP contribution is 2.30. The van der Waals surface area contributed by atoms with Crippen molar-refractivity contribution in [2.45, 2.75) is 38.1 Å². The Labute approximate surface area is 118 Å². The molecule has 0 radical (unpaired) electrons. The van der Waals surface area contributed by atoms with Crippen LogP contribution in [0.3, 0.4) is 0 Å². The molecule has 1 saturated carbocycles. The highest BCUT2D eigenvalue weighted by atomic mass is 79.9. The minimum atomic E-state index is 0.145. The summed E-state index contributed by atoms with van der Waals surface area (Å²) in [6, 6.07) is 8.93. The average molecular weight is 311 g/mol. The third-order valence-electron chi connectivity index (χ3n) is 3.88. The van der Waals surface area contributed by atoms with Crippen LogP contribution in [-0.2, 0) is 5.41 Å². The Morgan fingerprint density at radius 1 is 1.33 bits per heavy atom. The Hall–Kier alpha value is -0.380. The Morgan fingerprint density at radius 2 is 2.00 bits per heavy atom. The predicted molar refractivity (Wildman–Crippen MR) is 80.7 cm³/mol. The SMILES string of the molecule is CC(C)(CNCC1CC(N)C1)c1ccccc1Br. The zero-order chi connectivity index (χ0) is 13.2. The summed E-state index contributed by atoms with van der Waals surface area (Å²) in [5.74, 6) is 0.787. The van der Waals surface area contributed by atoms with E-state index in [-0.39, 0.29) is 5.41 Å². The molecule has 0 aliphatic heterocycles. The maximum absolute atomic E-state index is 5.80.